The molecule has 0 radical (unpaired) electrons. The third-order valence-corrected chi connectivity index (χ3v) is 4.62. The first-order valence-electron chi connectivity index (χ1n) is 9.14. The SMILES string of the molecule is CCC(C)NC(=O)c1cc(N2CCN(c3ccccn3)CC2)nc(C)n1. The predicted molar refractivity (Wildman–Crippen MR) is 103 cm³/mol. The van der Waals surface area contributed by atoms with Crippen molar-refractivity contribution in [2.45, 2.75) is 33.2 Å². The molecule has 26 heavy (non-hydrogen) atoms. The van der Waals surface area contributed by atoms with Gasteiger partial charge in [-0.2, -0.15) is 0 Å². The molecular weight excluding hydrogens is 328 g/mol. The lowest BCUT2D eigenvalue weighted by Crippen LogP contribution is -2.47. The topological polar surface area (TPSA) is 74.2 Å². The number of amides is 1. The third-order valence-electron chi connectivity index (χ3n) is 4.62. The summed E-state index contributed by atoms with van der Waals surface area (Å²) < 4.78 is 0. The Morgan fingerprint density at radius 2 is 1.85 bits per heavy atom. The molecule has 1 aliphatic rings. The van der Waals surface area contributed by atoms with Crippen LogP contribution in [0.15, 0.2) is 30.5 Å². The van der Waals surface area contributed by atoms with Crippen LogP contribution in [0.5, 0.6) is 0 Å². The molecule has 0 aliphatic carbocycles. The first-order chi connectivity index (χ1) is 12.6. The molecule has 1 fully saturated rings. The summed E-state index contributed by atoms with van der Waals surface area (Å²) in [6.45, 7) is 9.27. The summed E-state index contributed by atoms with van der Waals surface area (Å²) in [5, 5.41) is 2.97. The summed E-state index contributed by atoms with van der Waals surface area (Å²) in [6.07, 6.45) is 2.70. The number of carbonyl (C=O) groups excluding carboxylic acids is 1. The van der Waals surface area contributed by atoms with Gasteiger partial charge in [-0.1, -0.05) is 13.0 Å². The summed E-state index contributed by atoms with van der Waals surface area (Å²) in [5.74, 6) is 2.29. The van der Waals surface area contributed by atoms with Crippen molar-refractivity contribution in [2.24, 2.45) is 0 Å². The van der Waals surface area contributed by atoms with Gasteiger partial charge in [0, 0.05) is 44.5 Å². The standard InChI is InChI=1S/C19H26N6O/c1-4-14(2)21-19(26)16-13-18(23-15(3)22-16)25-11-9-24(10-12-25)17-7-5-6-8-20-17/h5-8,13-14H,4,9-12H2,1-3H3,(H,21,26). The highest BCUT2D eigenvalue weighted by Crippen LogP contribution is 2.18. The Balaban J connectivity index is 1.69. The van der Waals surface area contributed by atoms with Crippen LogP contribution in [0, 0.1) is 6.92 Å². The second-order valence-corrected chi connectivity index (χ2v) is 6.60. The van der Waals surface area contributed by atoms with E-state index in [-0.39, 0.29) is 11.9 Å². The van der Waals surface area contributed by atoms with Crippen molar-refractivity contribution in [2.75, 3.05) is 36.0 Å². The Morgan fingerprint density at radius 3 is 2.46 bits per heavy atom. The van der Waals surface area contributed by atoms with E-state index >= 15 is 0 Å². The summed E-state index contributed by atoms with van der Waals surface area (Å²) in [4.78, 5) is 30.1. The Bertz CT molecular complexity index is 743. The molecule has 7 heteroatoms. The van der Waals surface area contributed by atoms with Crippen molar-refractivity contribution in [3.63, 3.8) is 0 Å². The van der Waals surface area contributed by atoms with Crippen molar-refractivity contribution in [1.29, 1.82) is 0 Å². The summed E-state index contributed by atoms with van der Waals surface area (Å²) >= 11 is 0. The van der Waals surface area contributed by atoms with Gasteiger partial charge in [0.15, 0.2) is 0 Å². The van der Waals surface area contributed by atoms with Crippen molar-refractivity contribution >= 4 is 17.5 Å². The van der Waals surface area contributed by atoms with Gasteiger partial charge in [-0.3, -0.25) is 4.79 Å². The first-order valence-corrected chi connectivity index (χ1v) is 9.14. The minimum Gasteiger partial charge on any atom is -0.353 e. The molecule has 3 heterocycles. The molecule has 2 aromatic heterocycles. The average molecular weight is 354 g/mol. The minimum absolute atomic E-state index is 0.128. The molecule has 0 aromatic carbocycles. The van der Waals surface area contributed by atoms with Crippen LogP contribution < -0.4 is 15.1 Å². The van der Waals surface area contributed by atoms with Gasteiger partial charge in [0.1, 0.15) is 23.2 Å². The number of carbonyl (C=O) groups is 1. The van der Waals surface area contributed by atoms with Gasteiger partial charge in [-0.15, -0.1) is 0 Å². The number of hydrogen-bond donors (Lipinski definition) is 1. The predicted octanol–water partition coefficient (Wildman–Crippen LogP) is 2.03. The minimum atomic E-state index is -0.141. The molecule has 1 atom stereocenters. The number of pyridine rings is 1. The van der Waals surface area contributed by atoms with Crippen LogP contribution in [0.4, 0.5) is 11.6 Å². The number of aromatic nitrogens is 3. The molecule has 0 bridgehead atoms. The molecular formula is C19H26N6O. The number of nitrogens with zero attached hydrogens (tertiary/aromatic N) is 5. The van der Waals surface area contributed by atoms with Crippen molar-refractivity contribution < 1.29 is 4.79 Å². The maximum Gasteiger partial charge on any atom is 0.270 e. The molecule has 1 amide bonds. The number of anilines is 2. The van der Waals surface area contributed by atoms with Crippen LogP contribution in [0.25, 0.3) is 0 Å². The van der Waals surface area contributed by atoms with Crippen molar-refractivity contribution in [1.82, 2.24) is 20.3 Å². The third kappa shape index (κ3) is 4.28. The van der Waals surface area contributed by atoms with Crippen molar-refractivity contribution in [3.8, 4) is 0 Å². The van der Waals surface area contributed by atoms with Crippen LogP contribution in [-0.4, -0.2) is 53.1 Å². The van der Waals surface area contributed by atoms with E-state index in [1.165, 1.54) is 0 Å². The zero-order valence-corrected chi connectivity index (χ0v) is 15.6. The molecule has 1 unspecified atom stereocenters. The zero-order chi connectivity index (χ0) is 18.5. The molecule has 1 saturated heterocycles. The summed E-state index contributed by atoms with van der Waals surface area (Å²) in [6, 6.07) is 7.88. The maximum absolute atomic E-state index is 12.4. The number of nitrogens with one attached hydrogen (secondary N) is 1. The monoisotopic (exact) mass is 354 g/mol. The summed E-state index contributed by atoms with van der Waals surface area (Å²) in [5.41, 5.74) is 0.431. The Hall–Kier alpha value is -2.70. The number of aryl methyl sites for hydroxylation is 1. The quantitative estimate of drug-likeness (QED) is 0.886. The van der Waals surface area contributed by atoms with E-state index in [4.69, 9.17) is 0 Å². The van der Waals surface area contributed by atoms with Gasteiger partial charge >= 0.3 is 0 Å². The second kappa shape index (κ2) is 8.12. The molecule has 1 N–H and O–H groups in total. The van der Waals surface area contributed by atoms with Crippen LogP contribution in [0.3, 0.4) is 0 Å². The molecule has 7 nitrogen and oxygen atoms in total. The highest BCUT2D eigenvalue weighted by atomic mass is 16.1. The van der Waals surface area contributed by atoms with Gasteiger partial charge in [-0.05, 0) is 32.4 Å². The molecule has 0 spiro atoms. The zero-order valence-electron chi connectivity index (χ0n) is 15.6. The number of hydrogen-bond acceptors (Lipinski definition) is 6. The number of rotatable bonds is 5. The largest absolute Gasteiger partial charge is 0.353 e. The summed E-state index contributed by atoms with van der Waals surface area (Å²) in [7, 11) is 0. The van der Waals surface area contributed by atoms with E-state index in [9.17, 15) is 4.79 Å². The molecule has 138 valence electrons. The van der Waals surface area contributed by atoms with E-state index in [2.05, 4.69) is 30.1 Å². The van der Waals surface area contributed by atoms with Gasteiger partial charge in [0.2, 0.25) is 0 Å². The highest BCUT2D eigenvalue weighted by molar-refractivity contribution is 5.93. The van der Waals surface area contributed by atoms with Gasteiger partial charge < -0.3 is 15.1 Å². The van der Waals surface area contributed by atoms with E-state index in [0.717, 1.165) is 44.2 Å². The Kier molecular flexibility index (Phi) is 5.65. The van der Waals surface area contributed by atoms with Gasteiger partial charge in [0.05, 0.1) is 0 Å². The maximum atomic E-state index is 12.4. The second-order valence-electron chi connectivity index (χ2n) is 6.60. The fourth-order valence-electron chi connectivity index (χ4n) is 2.94. The van der Waals surface area contributed by atoms with Crippen LogP contribution in [0.2, 0.25) is 0 Å². The van der Waals surface area contributed by atoms with Crippen LogP contribution in [-0.2, 0) is 0 Å². The molecule has 2 aromatic rings. The van der Waals surface area contributed by atoms with Gasteiger partial charge in [-0.25, -0.2) is 15.0 Å². The molecule has 1 aliphatic heterocycles. The first kappa shape index (κ1) is 18.1. The van der Waals surface area contributed by atoms with E-state index < -0.39 is 0 Å². The Morgan fingerprint density at radius 1 is 1.15 bits per heavy atom. The fraction of sp³-hybridized carbons (Fsp3) is 0.474. The smallest absolute Gasteiger partial charge is 0.270 e. The Labute approximate surface area is 154 Å². The van der Waals surface area contributed by atoms with E-state index in [0.29, 0.717) is 11.5 Å². The normalized spacial score (nSPS) is 15.7. The lowest BCUT2D eigenvalue weighted by Gasteiger charge is -2.36. The van der Waals surface area contributed by atoms with Crippen LogP contribution in [0.1, 0.15) is 36.6 Å². The lowest BCUT2D eigenvalue weighted by atomic mass is 10.2. The van der Waals surface area contributed by atoms with Gasteiger partial charge in [0.25, 0.3) is 5.91 Å². The van der Waals surface area contributed by atoms with Crippen molar-refractivity contribution in [3.05, 3.63) is 42.0 Å². The fourth-order valence-corrected chi connectivity index (χ4v) is 2.94. The highest BCUT2D eigenvalue weighted by Gasteiger charge is 2.21. The molecule has 3 rings (SSSR count). The van der Waals surface area contributed by atoms with Crippen LogP contribution >= 0.6 is 0 Å². The average Bonchev–Trinajstić information content (AvgIpc) is 2.68. The molecule has 0 saturated carbocycles. The lowest BCUT2D eigenvalue weighted by molar-refractivity contribution is 0.0934. The van der Waals surface area contributed by atoms with E-state index in [1.807, 2.05) is 45.2 Å². The van der Waals surface area contributed by atoms with E-state index in [1.54, 1.807) is 6.07 Å². The number of piperazine rings is 1.